The molecule has 0 aliphatic rings. The van der Waals surface area contributed by atoms with Crippen LogP contribution < -0.4 is 16.4 Å². The number of benzene rings is 2. The van der Waals surface area contributed by atoms with Crippen molar-refractivity contribution in [1.82, 2.24) is 14.5 Å². The number of halogens is 9. The van der Waals surface area contributed by atoms with E-state index in [1.165, 1.54) is 18.5 Å². The van der Waals surface area contributed by atoms with Crippen molar-refractivity contribution >= 4 is 34.3 Å². The molecule has 4 N–H and O–H groups in total. The van der Waals surface area contributed by atoms with E-state index >= 15 is 0 Å². The number of nitrogens with one attached hydrogen (secondary N) is 2. The Morgan fingerprint density at radius 1 is 0.857 bits per heavy atom. The molecule has 0 saturated carbocycles. The van der Waals surface area contributed by atoms with Crippen molar-refractivity contribution in [3.05, 3.63) is 66.6 Å². The molecule has 4 rings (SSSR count). The number of carbonyl (C=O) groups is 1. The van der Waals surface area contributed by atoms with E-state index in [1.807, 2.05) is 29.9 Å². The van der Waals surface area contributed by atoms with Gasteiger partial charge in [0.05, 0.1) is 5.39 Å². The van der Waals surface area contributed by atoms with E-state index in [1.54, 1.807) is 12.1 Å². The summed E-state index contributed by atoms with van der Waals surface area (Å²) in [5, 5.41) is 4.93. The first kappa shape index (κ1) is 30.5. The average molecular weight is 604 g/mol. The van der Waals surface area contributed by atoms with Crippen LogP contribution >= 0.6 is 0 Å². The number of nitrogens with two attached hydrogens (primary N) is 1. The number of amides is 2. The molecule has 2 heterocycles. The third-order valence-electron chi connectivity index (χ3n) is 6.35. The van der Waals surface area contributed by atoms with E-state index in [2.05, 4.69) is 15.3 Å². The number of urea groups is 1. The van der Waals surface area contributed by atoms with Gasteiger partial charge in [-0.2, -0.15) is 35.1 Å². The summed E-state index contributed by atoms with van der Waals surface area (Å²) >= 11 is 0. The molecular formula is C26H21F9N6O. The third-order valence-corrected chi connectivity index (χ3v) is 6.35. The number of alkyl halides is 9. The number of aromatic nitrogens is 3. The molecule has 1 atom stereocenters. The number of anilines is 3. The molecule has 2 aromatic heterocycles. The highest BCUT2D eigenvalue weighted by atomic mass is 19.4. The quantitative estimate of drug-likeness (QED) is 0.196. The Balaban J connectivity index is 1.57. The fourth-order valence-corrected chi connectivity index (χ4v) is 4.28. The van der Waals surface area contributed by atoms with Gasteiger partial charge in [0.25, 0.3) is 0 Å². The van der Waals surface area contributed by atoms with Crippen LogP contribution in [0.1, 0.15) is 25.5 Å². The molecule has 16 heteroatoms. The van der Waals surface area contributed by atoms with Crippen LogP contribution in [-0.4, -0.2) is 38.8 Å². The number of rotatable bonds is 6. The Bertz CT molecular complexity index is 1610. The van der Waals surface area contributed by atoms with Crippen LogP contribution in [0.2, 0.25) is 0 Å². The molecule has 0 radical (unpaired) electrons. The largest absolute Gasteiger partial charge is 0.457 e. The number of fused-ring (bicyclic) bond motifs is 1. The molecular weight excluding hydrogens is 583 g/mol. The average Bonchev–Trinajstić information content (AvgIpc) is 3.29. The number of nitrogen functional groups attached to an aromatic ring is 1. The lowest BCUT2D eigenvalue weighted by molar-refractivity contribution is -0.389. The minimum Gasteiger partial charge on any atom is -0.383 e. The Hall–Kier alpha value is -4.50. The fraction of sp³-hybridized carbons (Fsp3) is 0.269. The smallest absolute Gasteiger partial charge is 0.383 e. The van der Waals surface area contributed by atoms with Gasteiger partial charge in [-0.1, -0.05) is 24.3 Å². The van der Waals surface area contributed by atoms with E-state index in [-0.39, 0.29) is 29.7 Å². The van der Waals surface area contributed by atoms with Crippen molar-refractivity contribution in [2.45, 2.75) is 43.8 Å². The molecule has 7 nitrogen and oxygen atoms in total. The summed E-state index contributed by atoms with van der Waals surface area (Å²) in [7, 11) is 0. The van der Waals surface area contributed by atoms with Gasteiger partial charge in [0.15, 0.2) is 0 Å². The van der Waals surface area contributed by atoms with Gasteiger partial charge < -0.3 is 20.9 Å². The predicted octanol–water partition coefficient (Wildman–Crippen LogP) is 7.83. The zero-order chi connectivity index (χ0) is 31.3. The van der Waals surface area contributed by atoms with Gasteiger partial charge >= 0.3 is 30.0 Å². The predicted molar refractivity (Wildman–Crippen MR) is 137 cm³/mol. The van der Waals surface area contributed by atoms with Crippen LogP contribution in [0.4, 0.5) is 61.5 Å². The van der Waals surface area contributed by atoms with Crippen molar-refractivity contribution in [3.63, 3.8) is 0 Å². The van der Waals surface area contributed by atoms with E-state index in [0.29, 0.717) is 28.2 Å². The zero-order valence-electron chi connectivity index (χ0n) is 21.6. The lowest BCUT2D eigenvalue weighted by Crippen LogP contribution is -2.59. The summed E-state index contributed by atoms with van der Waals surface area (Å²) < 4.78 is 123. The maximum Gasteiger partial charge on any atom is 0.457 e. The summed E-state index contributed by atoms with van der Waals surface area (Å²) in [6, 6.07) is 6.72. The van der Waals surface area contributed by atoms with E-state index in [9.17, 15) is 44.3 Å². The van der Waals surface area contributed by atoms with Crippen molar-refractivity contribution in [1.29, 1.82) is 0 Å². The SMILES string of the molecule is CC(C)n1cc(-c2ccc(NC(=O)Nc3cccc(C(F)(C(F)(F)F)C(F)(F)C(F)(F)F)c3)cc2)c2c(N)ncnc21. The maximum absolute atomic E-state index is 14.8. The second kappa shape index (κ2) is 10.4. The fourth-order valence-electron chi connectivity index (χ4n) is 4.28. The van der Waals surface area contributed by atoms with Gasteiger partial charge in [0.2, 0.25) is 0 Å². The summed E-state index contributed by atoms with van der Waals surface area (Å²) in [6.07, 6.45) is -10.4. The monoisotopic (exact) mass is 604 g/mol. The van der Waals surface area contributed by atoms with Crippen molar-refractivity contribution in [3.8, 4) is 11.1 Å². The highest BCUT2D eigenvalue weighted by molar-refractivity contribution is 6.02. The first-order valence-corrected chi connectivity index (χ1v) is 12.0. The molecule has 0 spiro atoms. The first-order valence-electron chi connectivity index (χ1n) is 12.0. The Morgan fingerprint density at radius 3 is 2.05 bits per heavy atom. The molecule has 2 amide bonds. The van der Waals surface area contributed by atoms with E-state index in [0.717, 1.165) is 6.07 Å². The minimum absolute atomic E-state index is 0.0389. The van der Waals surface area contributed by atoms with Crippen molar-refractivity contribution in [2.24, 2.45) is 0 Å². The molecule has 0 saturated heterocycles. The number of carbonyl (C=O) groups excluding carboxylic acids is 1. The van der Waals surface area contributed by atoms with Crippen molar-refractivity contribution in [2.75, 3.05) is 16.4 Å². The topological polar surface area (TPSA) is 97.9 Å². The van der Waals surface area contributed by atoms with Gasteiger partial charge in [-0.15, -0.1) is 0 Å². The lowest BCUT2D eigenvalue weighted by atomic mass is 9.87. The van der Waals surface area contributed by atoms with Gasteiger partial charge in [0, 0.05) is 34.7 Å². The highest BCUT2D eigenvalue weighted by Gasteiger charge is 2.81. The standard InChI is InChI=1S/C26H21F9N6O/c1-13(2)41-11-18(19-20(36)37-12-38-21(19)41)14-6-8-16(9-7-14)39-22(42)40-17-5-3-4-15(10-17)23(27,25(30,31)32)24(28,29)26(33,34)35/h3-13H,1-2H3,(H2,36,37,38)(H2,39,40,42). The van der Waals surface area contributed by atoms with Gasteiger partial charge in [-0.05, 0) is 43.7 Å². The molecule has 224 valence electrons. The third kappa shape index (κ3) is 5.16. The normalized spacial score (nSPS) is 14.2. The molecule has 2 aromatic carbocycles. The van der Waals surface area contributed by atoms with Crippen LogP contribution in [0.3, 0.4) is 0 Å². The van der Waals surface area contributed by atoms with Gasteiger partial charge in [-0.25, -0.2) is 19.2 Å². The minimum atomic E-state index is -6.87. The van der Waals surface area contributed by atoms with Gasteiger partial charge in [0.1, 0.15) is 17.8 Å². The highest BCUT2D eigenvalue weighted by Crippen LogP contribution is 2.58. The van der Waals surface area contributed by atoms with Crippen LogP contribution in [-0.2, 0) is 5.67 Å². The Morgan fingerprint density at radius 2 is 1.48 bits per heavy atom. The molecule has 4 aromatic rings. The number of hydrogen-bond acceptors (Lipinski definition) is 4. The summed E-state index contributed by atoms with van der Waals surface area (Å²) in [4.78, 5) is 20.8. The molecule has 0 bridgehead atoms. The molecule has 1 unspecified atom stereocenters. The Kier molecular flexibility index (Phi) is 7.54. The molecule has 0 aliphatic heterocycles. The zero-order valence-corrected chi connectivity index (χ0v) is 21.6. The maximum atomic E-state index is 14.8. The first-order chi connectivity index (χ1) is 19.4. The van der Waals surface area contributed by atoms with Crippen molar-refractivity contribution < 1.29 is 44.3 Å². The molecule has 0 aliphatic carbocycles. The summed E-state index contributed by atoms with van der Waals surface area (Å²) in [5.41, 5.74) is -0.659. The van der Waals surface area contributed by atoms with Gasteiger partial charge in [-0.3, -0.25) is 0 Å². The molecule has 0 fully saturated rings. The summed E-state index contributed by atoms with van der Waals surface area (Å²) in [5.74, 6) is -6.59. The second-order valence-electron chi connectivity index (χ2n) is 9.47. The number of hydrogen-bond donors (Lipinski definition) is 3. The van der Waals surface area contributed by atoms with E-state index < -0.39 is 41.2 Å². The molecule has 42 heavy (non-hydrogen) atoms. The van der Waals surface area contributed by atoms with E-state index in [4.69, 9.17) is 5.73 Å². The van der Waals surface area contributed by atoms with Crippen LogP contribution in [0, 0.1) is 0 Å². The second-order valence-corrected chi connectivity index (χ2v) is 9.47. The van der Waals surface area contributed by atoms with Crippen LogP contribution in [0.25, 0.3) is 22.2 Å². The Labute approximate surface area is 231 Å². The van der Waals surface area contributed by atoms with Crippen LogP contribution in [0.15, 0.2) is 61.1 Å². The lowest BCUT2D eigenvalue weighted by Gasteiger charge is -2.36. The van der Waals surface area contributed by atoms with Crippen LogP contribution in [0.5, 0.6) is 0 Å². The number of nitrogens with zero attached hydrogens (tertiary/aromatic N) is 3. The summed E-state index contributed by atoms with van der Waals surface area (Å²) in [6.45, 7) is 3.89.